The first-order chi connectivity index (χ1) is 6.70. The average Bonchev–Trinajstić information content (AvgIpc) is 2.18. The number of hydrogen-bond acceptors (Lipinski definition) is 2. The number of hydrogen-bond donors (Lipinski definition) is 0. The number of aryl methyl sites for hydroxylation is 2. The highest BCUT2D eigenvalue weighted by Crippen LogP contribution is 2.24. The van der Waals surface area contributed by atoms with Gasteiger partial charge in [-0.1, -0.05) is 15.9 Å². The molecule has 0 amide bonds. The zero-order valence-electron chi connectivity index (χ0n) is 8.93. The molecule has 14 heavy (non-hydrogen) atoms. The topological polar surface area (TPSA) is 22.1 Å². The Hall–Kier alpha value is -0.570. The second-order valence-electron chi connectivity index (χ2n) is 3.34. The molecule has 0 aliphatic heterocycles. The summed E-state index contributed by atoms with van der Waals surface area (Å²) < 4.78 is 5.34. The minimum absolute atomic E-state index is 0.976. The van der Waals surface area contributed by atoms with Crippen molar-refractivity contribution in [3.63, 3.8) is 0 Å². The van der Waals surface area contributed by atoms with Crippen LogP contribution in [0.25, 0.3) is 0 Å². The molecule has 78 valence electrons. The third-order valence-corrected chi connectivity index (χ3v) is 2.86. The number of methoxy groups -OCH3 is 1. The van der Waals surface area contributed by atoms with E-state index in [1.807, 2.05) is 13.1 Å². The van der Waals surface area contributed by atoms with E-state index in [4.69, 9.17) is 4.74 Å². The highest BCUT2D eigenvalue weighted by atomic mass is 79.9. The number of pyridine rings is 1. The highest BCUT2D eigenvalue weighted by Gasteiger charge is 2.08. The number of alkyl halides is 1. The van der Waals surface area contributed by atoms with Crippen molar-refractivity contribution in [2.75, 3.05) is 12.4 Å². The number of aromatic nitrogens is 1. The van der Waals surface area contributed by atoms with E-state index in [2.05, 4.69) is 27.8 Å². The molecular formula is C11H16BrNO. The average molecular weight is 258 g/mol. The summed E-state index contributed by atoms with van der Waals surface area (Å²) >= 11 is 3.42. The van der Waals surface area contributed by atoms with Gasteiger partial charge in [-0.2, -0.15) is 0 Å². The minimum atomic E-state index is 0.976. The molecule has 3 heteroatoms. The van der Waals surface area contributed by atoms with Crippen molar-refractivity contribution in [1.82, 2.24) is 4.98 Å². The lowest BCUT2D eigenvalue weighted by Gasteiger charge is -2.11. The molecule has 0 aromatic carbocycles. The maximum absolute atomic E-state index is 5.34. The first-order valence-electron chi connectivity index (χ1n) is 4.75. The first-order valence-corrected chi connectivity index (χ1v) is 5.88. The zero-order valence-corrected chi connectivity index (χ0v) is 10.5. The molecule has 1 aromatic heterocycles. The quantitative estimate of drug-likeness (QED) is 0.774. The lowest BCUT2D eigenvalue weighted by molar-refractivity contribution is 0.407. The number of halogens is 1. The second kappa shape index (κ2) is 5.35. The van der Waals surface area contributed by atoms with Gasteiger partial charge in [0, 0.05) is 28.3 Å². The van der Waals surface area contributed by atoms with Crippen molar-refractivity contribution >= 4 is 15.9 Å². The summed E-state index contributed by atoms with van der Waals surface area (Å²) in [5.74, 6) is 0.976. The Balaban J connectivity index is 2.96. The molecule has 1 aromatic rings. The molecule has 0 fully saturated rings. The molecule has 0 saturated carbocycles. The molecular weight excluding hydrogens is 242 g/mol. The molecule has 2 nitrogen and oxygen atoms in total. The van der Waals surface area contributed by atoms with Crippen LogP contribution in [0.4, 0.5) is 0 Å². The van der Waals surface area contributed by atoms with Gasteiger partial charge in [0.05, 0.1) is 7.11 Å². The van der Waals surface area contributed by atoms with Gasteiger partial charge in [-0.15, -0.1) is 0 Å². The van der Waals surface area contributed by atoms with Gasteiger partial charge in [0.15, 0.2) is 0 Å². The minimum Gasteiger partial charge on any atom is -0.496 e. The van der Waals surface area contributed by atoms with Crippen molar-refractivity contribution in [3.05, 3.63) is 23.0 Å². The summed E-state index contributed by atoms with van der Waals surface area (Å²) in [6.45, 7) is 4.09. The van der Waals surface area contributed by atoms with Crippen LogP contribution in [0.2, 0.25) is 0 Å². The fourth-order valence-corrected chi connectivity index (χ4v) is 1.84. The van der Waals surface area contributed by atoms with Gasteiger partial charge in [-0.25, -0.2) is 0 Å². The molecule has 0 radical (unpaired) electrons. The monoisotopic (exact) mass is 257 g/mol. The lowest BCUT2D eigenvalue weighted by Crippen LogP contribution is -2.00. The molecule has 0 saturated heterocycles. The van der Waals surface area contributed by atoms with Gasteiger partial charge < -0.3 is 4.74 Å². The third kappa shape index (κ3) is 2.47. The smallest absolute Gasteiger partial charge is 0.128 e. The fraction of sp³-hybridized carbons (Fsp3) is 0.545. The van der Waals surface area contributed by atoms with Crippen LogP contribution in [-0.2, 0) is 6.42 Å². The van der Waals surface area contributed by atoms with Crippen LogP contribution in [0, 0.1) is 13.8 Å². The fourth-order valence-electron chi connectivity index (χ4n) is 1.56. The van der Waals surface area contributed by atoms with Gasteiger partial charge in [-0.05, 0) is 26.7 Å². The van der Waals surface area contributed by atoms with Crippen LogP contribution in [0.15, 0.2) is 6.20 Å². The van der Waals surface area contributed by atoms with Crippen molar-refractivity contribution < 1.29 is 4.74 Å². The second-order valence-corrected chi connectivity index (χ2v) is 4.13. The number of nitrogens with zero attached hydrogens (tertiary/aromatic N) is 1. The summed E-state index contributed by atoms with van der Waals surface area (Å²) in [7, 11) is 1.71. The predicted molar refractivity (Wildman–Crippen MR) is 62.4 cm³/mol. The van der Waals surface area contributed by atoms with E-state index in [0.717, 1.165) is 35.2 Å². The molecule has 0 bridgehead atoms. The van der Waals surface area contributed by atoms with Gasteiger partial charge in [0.2, 0.25) is 0 Å². The van der Waals surface area contributed by atoms with Crippen LogP contribution in [0.5, 0.6) is 5.75 Å². The van der Waals surface area contributed by atoms with Gasteiger partial charge >= 0.3 is 0 Å². The Labute approximate surface area is 93.8 Å². The SMILES string of the molecule is COc1c(C)cnc(CCCBr)c1C. The highest BCUT2D eigenvalue weighted by molar-refractivity contribution is 9.09. The largest absolute Gasteiger partial charge is 0.496 e. The van der Waals surface area contributed by atoms with Crippen LogP contribution in [0.1, 0.15) is 23.2 Å². The molecule has 0 aliphatic carbocycles. The van der Waals surface area contributed by atoms with E-state index >= 15 is 0 Å². The van der Waals surface area contributed by atoms with E-state index < -0.39 is 0 Å². The van der Waals surface area contributed by atoms with Crippen molar-refractivity contribution in [2.24, 2.45) is 0 Å². The predicted octanol–water partition coefficient (Wildman–Crippen LogP) is 3.03. The Kier molecular flexibility index (Phi) is 4.39. The number of rotatable bonds is 4. The summed E-state index contributed by atoms with van der Waals surface area (Å²) in [5, 5.41) is 1.02. The van der Waals surface area contributed by atoms with E-state index in [0.29, 0.717) is 0 Å². The summed E-state index contributed by atoms with van der Waals surface area (Å²) in [6.07, 6.45) is 4.00. The van der Waals surface area contributed by atoms with E-state index in [1.165, 1.54) is 5.56 Å². The Morgan fingerprint density at radius 2 is 2.14 bits per heavy atom. The van der Waals surface area contributed by atoms with Crippen LogP contribution in [0.3, 0.4) is 0 Å². The summed E-state index contributed by atoms with van der Waals surface area (Å²) in [6, 6.07) is 0. The zero-order chi connectivity index (χ0) is 10.6. The van der Waals surface area contributed by atoms with E-state index in [9.17, 15) is 0 Å². The van der Waals surface area contributed by atoms with Crippen molar-refractivity contribution in [2.45, 2.75) is 26.7 Å². The Bertz CT molecular complexity index is 312. The van der Waals surface area contributed by atoms with Crippen LogP contribution >= 0.6 is 15.9 Å². The van der Waals surface area contributed by atoms with Crippen molar-refractivity contribution in [1.29, 1.82) is 0 Å². The Morgan fingerprint density at radius 3 is 2.71 bits per heavy atom. The summed E-state index contributed by atoms with van der Waals surface area (Å²) in [4.78, 5) is 4.42. The molecule has 0 N–H and O–H groups in total. The van der Waals surface area contributed by atoms with Crippen molar-refractivity contribution in [3.8, 4) is 5.75 Å². The third-order valence-electron chi connectivity index (χ3n) is 2.30. The van der Waals surface area contributed by atoms with Gasteiger partial charge in [0.1, 0.15) is 5.75 Å². The molecule has 1 rings (SSSR count). The van der Waals surface area contributed by atoms with Gasteiger partial charge in [0.25, 0.3) is 0 Å². The molecule has 1 heterocycles. The molecule has 0 aliphatic rings. The standard InChI is InChI=1S/C11H16BrNO/c1-8-7-13-10(5-4-6-12)9(2)11(8)14-3/h7H,4-6H2,1-3H3. The van der Waals surface area contributed by atoms with Gasteiger partial charge in [-0.3, -0.25) is 4.98 Å². The maximum atomic E-state index is 5.34. The van der Waals surface area contributed by atoms with Crippen LogP contribution < -0.4 is 4.74 Å². The molecule has 0 unspecified atom stereocenters. The van der Waals surface area contributed by atoms with E-state index in [1.54, 1.807) is 7.11 Å². The summed E-state index contributed by atoms with van der Waals surface area (Å²) in [5.41, 5.74) is 3.42. The van der Waals surface area contributed by atoms with Crippen LogP contribution in [-0.4, -0.2) is 17.4 Å². The van der Waals surface area contributed by atoms with E-state index in [-0.39, 0.29) is 0 Å². The molecule has 0 spiro atoms. The first kappa shape index (κ1) is 11.5. The maximum Gasteiger partial charge on any atom is 0.128 e. The Morgan fingerprint density at radius 1 is 1.43 bits per heavy atom. The molecule has 0 atom stereocenters. The lowest BCUT2D eigenvalue weighted by atomic mass is 10.1. The number of ether oxygens (including phenoxy) is 1. The normalized spacial score (nSPS) is 10.3.